The van der Waals surface area contributed by atoms with Gasteiger partial charge in [-0.05, 0) is 66.6 Å². The van der Waals surface area contributed by atoms with Crippen molar-refractivity contribution in [3.8, 4) is 0 Å². The van der Waals surface area contributed by atoms with E-state index in [1.54, 1.807) is 18.0 Å². The van der Waals surface area contributed by atoms with Crippen molar-refractivity contribution in [2.45, 2.75) is 60.4 Å². The molecule has 0 spiro atoms. The van der Waals surface area contributed by atoms with Crippen LogP contribution >= 0.6 is 27.7 Å². The van der Waals surface area contributed by atoms with Crippen LogP contribution in [0.25, 0.3) is 0 Å². The molecule has 0 saturated heterocycles. The molecule has 21 heavy (non-hydrogen) atoms. The number of aromatic nitrogens is 1. The molecule has 2 aliphatic carbocycles. The molecule has 3 N–H and O–H groups in total. The zero-order chi connectivity index (χ0) is 14.9. The second kappa shape index (κ2) is 6.26. The largest absolute Gasteiger partial charge is 0.368 e. The van der Waals surface area contributed by atoms with Gasteiger partial charge in [0, 0.05) is 22.0 Å². The summed E-state index contributed by atoms with van der Waals surface area (Å²) in [5, 5.41) is 4.89. The van der Waals surface area contributed by atoms with Gasteiger partial charge >= 0.3 is 0 Å². The predicted molar refractivity (Wildman–Crippen MR) is 88.1 cm³/mol. The molecule has 0 radical (unpaired) electrons. The molecule has 0 aliphatic heterocycles. The molecular weight excluding hydrogens is 350 g/mol. The maximum absolute atomic E-state index is 12.0. The van der Waals surface area contributed by atoms with E-state index in [2.05, 4.69) is 26.2 Å². The highest BCUT2D eigenvalue weighted by Crippen LogP contribution is 2.40. The van der Waals surface area contributed by atoms with Crippen LogP contribution in [0.5, 0.6) is 0 Å². The van der Waals surface area contributed by atoms with Crippen molar-refractivity contribution >= 4 is 33.6 Å². The summed E-state index contributed by atoms with van der Waals surface area (Å²) in [5.41, 5.74) is 5.21. The summed E-state index contributed by atoms with van der Waals surface area (Å²) >= 11 is 5.29. The molecule has 1 aromatic rings. The number of pyridine rings is 1. The standard InChI is InChI=1S/C15H20BrN3OS/c16-12-4-2-8-18-13(12)21-11-3-1-7-15(9-11,14(17)20)19-10-5-6-10/h2,4,8,10-11,19H,1,3,5-7,9H2,(H2,17,20). The monoisotopic (exact) mass is 369 g/mol. The lowest BCUT2D eigenvalue weighted by atomic mass is 9.80. The second-order valence-corrected chi connectivity index (χ2v) is 8.13. The Kier molecular flexibility index (Phi) is 4.57. The van der Waals surface area contributed by atoms with Gasteiger partial charge in [0.25, 0.3) is 0 Å². The van der Waals surface area contributed by atoms with Crippen LogP contribution in [0.15, 0.2) is 27.8 Å². The molecule has 4 nitrogen and oxygen atoms in total. The number of primary amides is 1. The van der Waals surface area contributed by atoms with Crippen molar-refractivity contribution < 1.29 is 4.79 Å². The number of nitrogens with one attached hydrogen (secondary N) is 1. The Morgan fingerprint density at radius 2 is 2.29 bits per heavy atom. The number of hydrogen-bond acceptors (Lipinski definition) is 4. The van der Waals surface area contributed by atoms with E-state index in [4.69, 9.17) is 5.73 Å². The van der Waals surface area contributed by atoms with E-state index in [1.807, 2.05) is 12.1 Å². The maximum atomic E-state index is 12.0. The van der Waals surface area contributed by atoms with Gasteiger partial charge in [0.1, 0.15) is 5.03 Å². The first-order valence-electron chi connectivity index (χ1n) is 7.44. The van der Waals surface area contributed by atoms with E-state index >= 15 is 0 Å². The fourth-order valence-corrected chi connectivity index (χ4v) is 4.79. The van der Waals surface area contributed by atoms with Crippen LogP contribution in [0.4, 0.5) is 0 Å². The maximum Gasteiger partial charge on any atom is 0.237 e. The van der Waals surface area contributed by atoms with Crippen LogP contribution in [-0.2, 0) is 4.79 Å². The molecule has 2 saturated carbocycles. The summed E-state index contributed by atoms with van der Waals surface area (Å²) in [6.45, 7) is 0. The summed E-state index contributed by atoms with van der Waals surface area (Å²) in [7, 11) is 0. The fraction of sp³-hybridized carbons (Fsp3) is 0.600. The molecule has 0 aromatic carbocycles. The second-order valence-electron chi connectivity index (χ2n) is 5.99. The Labute approximate surface area is 137 Å². The summed E-state index contributed by atoms with van der Waals surface area (Å²) in [4.78, 5) is 16.4. The fourth-order valence-electron chi connectivity index (χ4n) is 2.99. The van der Waals surface area contributed by atoms with Gasteiger partial charge in [-0.15, -0.1) is 11.8 Å². The number of carbonyl (C=O) groups is 1. The van der Waals surface area contributed by atoms with E-state index in [0.29, 0.717) is 11.3 Å². The molecule has 2 aliphatic rings. The third-order valence-corrected chi connectivity index (χ3v) is 6.42. The number of carbonyl (C=O) groups excluding carboxylic acids is 1. The molecule has 1 aromatic heterocycles. The first-order chi connectivity index (χ1) is 10.1. The van der Waals surface area contributed by atoms with Gasteiger partial charge in [-0.2, -0.15) is 0 Å². The summed E-state index contributed by atoms with van der Waals surface area (Å²) < 4.78 is 1.01. The quantitative estimate of drug-likeness (QED) is 0.837. The van der Waals surface area contributed by atoms with Gasteiger partial charge in [-0.25, -0.2) is 4.98 Å². The molecule has 114 valence electrons. The Bertz CT molecular complexity index is 537. The summed E-state index contributed by atoms with van der Waals surface area (Å²) in [6, 6.07) is 4.40. The number of halogens is 1. The van der Waals surface area contributed by atoms with Crippen LogP contribution in [0.3, 0.4) is 0 Å². The van der Waals surface area contributed by atoms with Crippen molar-refractivity contribution in [3.63, 3.8) is 0 Å². The topological polar surface area (TPSA) is 68.0 Å². The summed E-state index contributed by atoms with van der Waals surface area (Å²) in [5.74, 6) is -0.195. The van der Waals surface area contributed by atoms with E-state index in [-0.39, 0.29) is 5.91 Å². The normalized spacial score (nSPS) is 29.3. The first-order valence-corrected chi connectivity index (χ1v) is 9.11. The molecule has 2 atom stereocenters. The Balaban J connectivity index is 1.72. The van der Waals surface area contributed by atoms with Gasteiger partial charge in [0.05, 0.1) is 5.54 Å². The predicted octanol–water partition coefficient (Wildman–Crippen LogP) is 2.85. The Morgan fingerprint density at radius 3 is 2.95 bits per heavy atom. The van der Waals surface area contributed by atoms with E-state index in [0.717, 1.165) is 35.2 Å². The van der Waals surface area contributed by atoms with Crippen LogP contribution in [-0.4, -0.2) is 27.7 Å². The number of hydrogen-bond donors (Lipinski definition) is 2. The zero-order valence-electron chi connectivity index (χ0n) is 11.8. The molecule has 2 fully saturated rings. The molecule has 0 bridgehead atoms. The minimum atomic E-state index is -0.516. The highest BCUT2D eigenvalue weighted by Gasteiger charge is 2.44. The van der Waals surface area contributed by atoms with Gasteiger partial charge in [0.15, 0.2) is 0 Å². The summed E-state index contributed by atoms with van der Waals surface area (Å²) in [6.07, 6.45) is 7.93. The SMILES string of the molecule is NC(=O)C1(NC2CC2)CCCC(Sc2ncccc2Br)C1. The van der Waals surface area contributed by atoms with Gasteiger partial charge in [0.2, 0.25) is 5.91 Å². The first kappa shape index (κ1) is 15.3. The number of nitrogens with two attached hydrogens (primary N) is 1. The average Bonchev–Trinajstić information content (AvgIpc) is 3.25. The molecular formula is C15H20BrN3OS. The van der Waals surface area contributed by atoms with E-state index in [9.17, 15) is 4.79 Å². The van der Waals surface area contributed by atoms with Gasteiger partial charge < -0.3 is 11.1 Å². The Morgan fingerprint density at radius 1 is 1.48 bits per heavy atom. The lowest BCUT2D eigenvalue weighted by Gasteiger charge is -2.39. The minimum absolute atomic E-state index is 0.195. The highest BCUT2D eigenvalue weighted by molar-refractivity contribution is 9.10. The third-order valence-electron chi connectivity index (χ3n) is 4.24. The number of thioether (sulfide) groups is 1. The molecule has 2 unspecified atom stereocenters. The van der Waals surface area contributed by atoms with Gasteiger partial charge in [-0.1, -0.05) is 0 Å². The minimum Gasteiger partial charge on any atom is -0.368 e. The molecule has 1 amide bonds. The van der Waals surface area contributed by atoms with Crippen LogP contribution < -0.4 is 11.1 Å². The molecule has 6 heteroatoms. The van der Waals surface area contributed by atoms with Crippen LogP contribution in [0.2, 0.25) is 0 Å². The van der Waals surface area contributed by atoms with Crippen molar-refractivity contribution in [2.24, 2.45) is 5.73 Å². The van der Waals surface area contributed by atoms with Crippen molar-refractivity contribution in [2.75, 3.05) is 0 Å². The van der Waals surface area contributed by atoms with Crippen LogP contribution in [0, 0.1) is 0 Å². The van der Waals surface area contributed by atoms with Crippen molar-refractivity contribution in [3.05, 3.63) is 22.8 Å². The van der Waals surface area contributed by atoms with Crippen molar-refractivity contribution in [1.29, 1.82) is 0 Å². The third kappa shape index (κ3) is 3.60. The lowest BCUT2D eigenvalue weighted by molar-refractivity contribution is -0.125. The number of rotatable bonds is 5. The van der Waals surface area contributed by atoms with E-state index in [1.165, 1.54) is 12.8 Å². The number of amides is 1. The van der Waals surface area contributed by atoms with Crippen LogP contribution in [0.1, 0.15) is 38.5 Å². The average molecular weight is 370 g/mol. The van der Waals surface area contributed by atoms with Gasteiger partial charge in [-0.3, -0.25) is 4.79 Å². The van der Waals surface area contributed by atoms with Crippen molar-refractivity contribution in [1.82, 2.24) is 10.3 Å². The van der Waals surface area contributed by atoms with E-state index < -0.39 is 5.54 Å². The molecule has 3 rings (SSSR count). The zero-order valence-corrected chi connectivity index (χ0v) is 14.3. The Hall–Kier alpha value is -0.590. The number of nitrogens with zero attached hydrogens (tertiary/aromatic N) is 1. The molecule has 1 heterocycles. The smallest absolute Gasteiger partial charge is 0.237 e. The highest BCUT2D eigenvalue weighted by atomic mass is 79.9. The lowest BCUT2D eigenvalue weighted by Crippen LogP contribution is -2.59.